The lowest BCUT2D eigenvalue weighted by molar-refractivity contribution is 0.0204. The minimum absolute atomic E-state index is 0.0366. The van der Waals surface area contributed by atoms with E-state index in [1.54, 1.807) is 11.1 Å². The number of nitrogens with zero attached hydrogens (tertiary/aromatic N) is 3. The number of hydrogen-bond donors (Lipinski definition) is 0. The summed E-state index contributed by atoms with van der Waals surface area (Å²) in [5, 5.41) is 0. The van der Waals surface area contributed by atoms with E-state index in [-0.39, 0.29) is 12.1 Å². The van der Waals surface area contributed by atoms with Gasteiger partial charge in [-0.15, -0.1) is 0 Å². The number of imidazole rings is 1. The molecule has 1 amide bonds. The normalized spacial score (nSPS) is 18.6. The van der Waals surface area contributed by atoms with Gasteiger partial charge in [-0.05, 0) is 39.7 Å². The summed E-state index contributed by atoms with van der Waals surface area (Å²) in [6.45, 7) is 14.7. The van der Waals surface area contributed by atoms with Crippen LogP contribution in [-0.4, -0.2) is 47.4 Å². The molecule has 0 unspecified atom stereocenters. The Labute approximate surface area is 152 Å². The third kappa shape index (κ3) is 6.15. The minimum atomic E-state index is -1.09. The Morgan fingerprint density at radius 2 is 2.08 bits per heavy atom. The Morgan fingerprint density at radius 3 is 2.72 bits per heavy atom. The molecule has 25 heavy (non-hydrogen) atoms. The molecular formula is C18H33N3O3Si. The van der Waals surface area contributed by atoms with Crippen molar-refractivity contribution in [2.75, 3.05) is 13.2 Å². The number of likely N-dealkylation sites (tertiary alicyclic amines) is 1. The van der Waals surface area contributed by atoms with E-state index < -0.39 is 13.7 Å². The van der Waals surface area contributed by atoms with Gasteiger partial charge in [0.25, 0.3) is 0 Å². The van der Waals surface area contributed by atoms with Crippen LogP contribution in [0.4, 0.5) is 4.79 Å². The van der Waals surface area contributed by atoms with Crippen LogP contribution < -0.4 is 0 Å². The number of hydrogen-bond acceptors (Lipinski definition) is 4. The Hall–Kier alpha value is -1.34. The van der Waals surface area contributed by atoms with Crippen LogP contribution in [0.2, 0.25) is 25.7 Å². The van der Waals surface area contributed by atoms with Gasteiger partial charge >= 0.3 is 6.09 Å². The summed E-state index contributed by atoms with van der Waals surface area (Å²) < 4.78 is 13.4. The van der Waals surface area contributed by atoms with Gasteiger partial charge in [0.05, 0.1) is 6.04 Å². The summed E-state index contributed by atoms with van der Waals surface area (Å²) in [6, 6.07) is 1.11. The fraction of sp³-hybridized carbons (Fsp3) is 0.778. The summed E-state index contributed by atoms with van der Waals surface area (Å²) in [4.78, 5) is 18.8. The van der Waals surface area contributed by atoms with E-state index in [9.17, 15) is 4.79 Å². The predicted molar refractivity (Wildman–Crippen MR) is 101 cm³/mol. The first-order valence-electron chi connectivity index (χ1n) is 9.15. The van der Waals surface area contributed by atoms with Gasteiger partial charge in [0.2, 0.25) is 0 Å². The molecule has 1 atom stereocenters. The molecule has 142 valence electrons. The van der Waals surface area contributed by atoms with Gasteiger partial charge in [-0.2, -0.15) is 0 Å². The third-order valence-electron chi connectivity index (χ3n) is 4.15. The van der Waals surface area contributed by atoms with E-state index in [1.165, 1.54) is 0 Å². The number of ether oxygens (including phenoxy) is 2. The molecule has 0 saturated carbocycles. The van der Waals surface area contributed by atoms with Crippen LogP contribution in [-0.2, 0) is 16.2 Å². The van der Waals surface area contributed by atoms with E-state index in [2.05, 4.69) is 24.6 Å². The molecular weight excluding hydrogens is 334 g/mol. The maximum Gasteiger partial charge on any atom is 0.410 e. The van der Waals surface area contributed by atoms with Gasteiger partial charge < -0.3 is 14.0 Å². The zero-order chi connectivity index (χ0) is 18.7. The van der Waals surface area contributed by atoms with Crippen LogP contribution in [0.1, 0.15) is 45.5 Å². The molecule has 0 bridgehead atoms. The van der Waals surface area contributed by atoms with Crippen LogP contribution in [0.5, 0.6) is 0 Å². The highest BCUT2D eigenvalue weighted by atomic mass is 28.3. The molecule has 7 heteroatoms. The van der Waals surface area contributed by atoms with Gasteiger partial charge in [0.15, 0.2) is 0 Å². The Bertz CT molecular complexity index is 575. The Kier molecular flexibility index (Phi) is 6.32. The maximum absolute atomic E-state index is 12.5. The van der Waals surface area contributed by atoms with Crippen LogP contribution in [0.25, 0.3) is 0 Å². The highest BCUT2D eigenvalue weighted by Crippen LogP contribution is 2.32. The highest BCUT2D eigenvalue weighted by Gasteiger charge is 2.35. The van der Waals surface area contributed by atoms with E-state index in [0.29, 0.717) is 13.3 Å². The van der Waals surface area contributed by atoms with Gasteiger partial charge in [0, 0.05) is 33.6 Å². The summed E-state index contributed by atoms with van der Waals surface area (Å²) in [5.74, 6) is 0.886. The molecule has 0 N–H and O–H groups in total. The summed E-state index contributed by atoms with van der Waals surface area (Å²) in [5.41, 5.74) is -0.487. The fourth-order valence-corrected chi connectivity index (χ4v) is 3.60. The molecule has 6 nitrogen and oxygen atoms in total. The molecule has 1 aromatic heterocycles. The van der Waals surface area contributed by atoms with Crippen molar-refractivity contribution in [2.24, 2.45) is 0 Å². The second-order valence-electron chi connectivity index (χ2n) is 8.93. The molecule has 2 rings (SSSR count). The van der Waals surface area contributed by atoms with Crippen molar-refractivity contribution in [3.05, 3.63) is 18.2 Å². The zero-order valence-electron chi connectivity index (χ0n) is 16.5. The third-order valence-corrected chi connectivity index (χ3v) is 5.86. The lowest BCUT2D eigenvalue weighted by Crippen LogP contribution is -2.37. The molecule has 0 radical (unpaired) electrons. The van der Waals surface area contributed by atoms with E-state index in [0.717, 1.165) is 31.3 Å². The summed E-state index contributed by atoms with van der Waals surface area (Å²) in [7, 11) is -1.09. The summed E-state index contributed by atoms with van der Waals surface area (Å²) in [6.07, 6.45) is 5.32. The van der Waals surface area contributed by atoms with Crippen molar-refractivity contribution in [3.8, 4) is 0 Å². The first kappa shape index (κ1) is 20.0. The van der Waals surface area contributed by atoms with Crippen molar-refractivity contribution in [3.63, 3.8) is 0 Å². The molecule has 0 aliphatic carbocycles. The van der Waals surface area contributed by atoms with Crippen LogP contribution in [0.3, 0.4) is 0 Å². The molecule has 0 aromatic carbocycles. The Balaban J connectivity index is 1.98. The minimum Gasteiger partial charge on any atom is -0.444 e. The Morgan fingerprint density at radius 1 is 1.36 bits per heavy atom. The van der Waals surface area contributed by atoms with Gasteiger partial charge in [-0.3, -0.25) is 4.90 Å². The first-order chi connectivity index (χ1) is 11.6. The van der Waals surface area contributed by atoms with Crippen molar-refractivity contribution in [1.29, 1.82) is 0 Å². The highest BCUT2D eigenvalue weighted by molar-refractivity contribution is 6.76. The summed E-state index contributed by atoms with van der Waals surface area (Å²) >= 11 is 0. The number of carbonyl (C=O) groups is 1. The zero-order valence-corrected chi connectivity index (χ0v) is 17.5. The van der Waals surface area contributed by atoms with E-state index in [4.69, 9.17) is 9.47 Å². The van der Waals surface area contributed by atoms with Crippen molar-refractivity contribution in [2.45, 2.75) is 77.7 Å². The quantitative estimate of drug-likeness (QED) is 0.556. The number of aromatic nitrogens is 2. The molecule has 1 saturated heterocycles. The molecule has 1 aliphatic rings. The van der Waals surface area contributed by atoms with Crippen LogP contribution in [0, 0.1) is 0 Å². The second-order valence-corrected chi connectivity index (χ2v) is 14.6. The van der Waals surface area contributed by atoms with Crippen LogP contribution >= 0.6 is 0 Å². The first-order valence-corrected chi connectivity index (χ1v) is 12.9. The maximum atomic E-state index is 12.5. The van der Waals surface area contributed by atoms with Gasteiger partial charge in [-0.1, -0.05) is 19.6 Å². The van der Waals surface area contributed by atoms with Crippen molar-refractivity contribution >= 4 is 14.2 Å². The largest absolute Gasteiger partial charge is 0.444 e. The average Bonchev–Trinajstić information content (AvgIpc) is 3.09. The number of carbonyl (C=O) groups excluding carboxylic acids is 1. The van der Waals surface area contributed by atoms with Crippen molar-refractivity contribution < 1.29 is 14.3 Å². The lowest BCUT2D eigenvalue weighted by atomic mass is 10.2. The number of amides is 1. The SMILES string of the molecule is CC(C)(C)OC(=O)N1CCC[C@@H]1c1nccn1COCC[Si](C)(C)C. The molecule has 1 fully saturated rings. The lowest BCUT2D eigenvalue weighted by Gasteiger charge is -2.28. The van der Waals surface area contributed by atoms with E-state index >= 15 is 0 Å². The van der Waals surface area contributed by atoms with Crippen molar-refractivity contribution in [1.82, 2.24) is 14.5 Å². The molecule has 1 aliphatic heterocycles. The van der Waals surface area contributed by atoms with Crippen LogP contribution in [0.15, 0.2) is 12.4 Å². The average molecular weight is 368 g/mol. The predicted octanol–water partition coefficient (Wildman–Crippen LogP) is 4.27. The topological polar surface area (TPSA) is 56.6 Å². The molecule has 2 heterocycles. The molecule has 0 spiro atoms. The number of rotatable bonds is 6. The standard InChI is InChI=1S/C18H33N3O3Si/c1-18(2,3)24-17(22)21-10-7-8-15(21)16-19-9-11-20(16)14-23-12-13-25(4,5)6/h9,11,15H,7-8,10,12-14H2,1-6H3/t15-/m1/s1. The van der Waals surface area contributed by atoms with Gasteiger partial charge in [0.1, 0.15) is 18.2 Å². The smallest absolute Gasteiger partial charge is 0.410 e. The van der Waals surface area contributed by atoms with Gasteiger partial charge in [-0.25, -0.2) is 9.78 Å². The second kappa shape index (κ2) is 7.91. The monoisotopic (exact) mass is 367 g/mol. The molecule has 1 aromatic rings. The van der Waals surface area contributed by atoms with E-state index in [1.807, 2.05) is 31.5 Å². The fourth-order valence-electron chi connectivity index (χ4n) is 2.84.